The highest BCUT2D eigenvalue weighted by Crippen LogP contribution is 2.31. The van der Waals surface area contributed by atoms with Crippen molar-refractivity contribution in [3.63, 3.8) is 0 Å². The lowest BCUT2D eigenvalue weighted by Crippen LogP contribution is -2.48. The second-order valence-corrected chi connectivity index (χ2v) is 11.3. The quantitative estimate of drug-likeness (QED) is 0.157. The topological polar surface area (TPSA) is 101 Å². The predicted molar refractivity (Wildman–Crippen MR) is 167 cm³/mol. The number of amides is 1. The highest BCUT2D eigenvalue weighted by Gasteiger charge is 2.26. The number of piperazine rings is 1. The predicted octanol–water partition coefficient (Wildman–Crippen LogP) is 5.79. The van der Waals surface area contributed by atoms with Crippen LogP contribution in [-0.4, -0.2) is 66.0 Å². The summed E-state index contributed by atoms with van der Waals surface area (Å²) in [5.74, 6) is 1.41. The van der Waals surface area contributed by atoms with Crippen LogP contribution in [0, 0.1) is 10.1 Å². The van der Waals surface area contributed by atoms with Gasteiger partial charge in [0, 0.05) is 73.6 Å². The molecule has 1 aliphatic heterocycles. The molecule has 3 aromatic carbocycles. The summed E-state index contributed by atoms with van der Waals surface area (Å²) in [6, 6.07) is 22.8. The molecule has 1 aromatic heterocycles. The summed E-state index contributed by atoms with van der Waals surface area (Å²) >= 11 is 1.49. The number of nitro groups is 1. The van der Waals surface area contributed by atoms with Crippen LogP contribution >= 0.6 is 11.3 Å². The van der Waals surface area contributed by atoms with Crippen LogP contribution in [0.4, 0.5) is 11.4 Å². The van der Waals surface area contributed by atoms with Crippen molar-refractivity contribution in [2.45, 2.75) is 26.1 Å². The Kier molecular flexibility index (Phi) is 9.53. The summed E-state index contributed by atoms with van der Waals surface area (Å²) in [6.07, 6.45) is 0. The summed E-state index contributed by atoms with van der Waals surface area (Å²) < 4.78 is 11.1. The molecule has 43 heavy (non-hydrogen) atoms. The van der Waals surface area contributed by atoms with Gasteiger partial charge in [-0.25, -0.2) is 4.98 Å². The summed E-state index contributed by atoms with van der Waals surface area (Å²) in [7, 11) is 3.30. The molecule has 0 spiro atoms. The number of anilines is 1. The third kappa shape index (κ3) is 7.12. The second kappa shape index (κ2) is 13.7. The summed E-state index contributed by atoms with van der Waals surface area (Å²) in [4.78, 5) is 35.0. The van der Waals surface area contributed by atoms with Crippen molar-refractivity contribution in [3.8, 4) is 11.5 Å². The zero-order chi connectivity index (χ0) is 30.3. The molecule has 4 aromatic rings. The van der Waals surface area contributed by atoms with Gasteiger partial charge in [-0.1, -0.05) is 36.4 Å². The highest BCUT2D eigenvalue weighted by atomic mass is 32.1. The monoisotopic (exact) mass is 601 g/mol. The van der Waals surface area contributed by atoms with Crippen molar-refractivity contribution in [3.05, 3.63) is 110 Å². The van der Waals surface area contributed by atoms with Crippen LogP contribution in [0.15, 0.2) is 78.2 Å². The lowest BCUT2D eigenvalue weighted by Gasteiger charge is -2.35. The van der Waals surface area contributed by atoms with Gasteiger partial charge in [-0.15, -0.1) is 11.3 Å². The van der Waals surface area contributed by atoms with E-state index in [4.69, 9.17) is 14.5 Å². The van der Waals surface area contributed by atoms with Gasteiger partial charge in [0.2, 0.25) is 0 Å². The Morgan fingerprint density at radius 2 is 1.72 bits per heavy atom. The molecule has 0 N–H and O–H groups in total. The molecule has 1 fully saturated rings. The molecule has 5 rings (SSSR count). The van der Waals surface area contributed by atoms with Gasteiger partial charge in [-0.2, -0.15) is 0 Å². The van der Waals surface area contributed by atoms with Crippen LogP contribution < -0.4 is 14.4 Å². The number of nitrogens with zero attached hydrogens (tertiary/aromatic N) is 5. The first-order valence-electron chi connectivity index (χ1n) is 14.1. The van der Waals surface area contributed by atoms with Gasteiger partial charge in [0.25, 0.3) is 11.6 Å². The van der Waals surface area contributed by atoms with E-state index in [2.05, 4.69) is 28.9 Å². The zero-order valence-electron chi connectivity index (χ0n) is 24.5. The smallest absolute Gasteiger partial charge is 0.273 e. The average Bonchev–Trinajstić information content (AvgIpc) is 3.53. The fourth-order valence-corrected chi connectivity index (χ4v) is 6.04. The van der Waals surface area contributed by atoms with Gasteiger partial charge in [-0.3, -0.25) is 19.8 Å². The zero-order valence-corrected chi connectivity index (χ0v) is 25.3. The molecule has 224 valence electrons. The second-order valence-electron chi connectivity index (χ2n) is 10.3. The molecule has 1 amide bonds. The van der Waals surface area contributed by atoms with Gasteiger partial charge in [0.1, 0.15) is 22.2 Å². The van der Waals surface area contributed by atoms with E-state index in [1.807, 2.05) is 46.7 Å². The van der Waals surface area contributed by atoms with Crippen molar-refractivity contribution < 1.29 is 19.2 Å². The maximum atomic E-state index is 13.4. The number of carbonyl (C=O) groups is 1. The summed E-state index contributed by atoms with van der Waals surface area (Å²) in [5.41, 5.74) is 3.66. The lowest BCUT2D eigenvalue weighted by atomic mass is 10.1. The fourth-order valence-electron chi connectivity index (χ4n) is 5.24. The molecule has 0 saturated carbocycles. The van der Waals surface area contributed by atoms with Crippen molar-refractivity contribution in [1.82, 2.24) is 14.8 Å². The number of benzene rings is 3. The van der Waals surface area contributed by atoms with Gasteiger partial charge in [-0.05, 0) is 30.7 Å². The van der Waals surface area contributed by atoms with Crippen molar-refractivity contribution in [2.24, 2.45) is 0 Å². The third-order valence-electron chi connectivity index (χ3n) is 7.80. The Morgan fingerprint density at radius 1 is 1.00 bits per heavy atom. The van der Waals surface area contributed by atoms with Crippen LogP contribution in [0.1, 0.15) is 39.6 Å². The highest BCUT2D eigenvalue weighted by molar-refractivity contribution is 7.09. The van der Waals surface area contributed by atoms with Crippen molar-refractivity contribution in [1.29, 1.82) is 0 Å². The molecule has 11 heteroatoms. The maximum absolute atomic E-state index is 13.4. The van der Waals surface area contributed by atoms with Crippen LogP contribution in [-0.2, 0) is 13.1 Å². The molecule has 0 bridgehead atoms. The molecular formula is C32H35N5O5S. The van der Waals surface area contributed by atoms with E-state index in [-0.39, 0.29) is 17.6 Å². The van der Waals surface area contributed by atoms with Crippen LogP contribution in [0.25, 0.3) is 0 Å². The minimum absolute atomic E-state index is 0.0664. The van der Waals surface area contributed by atoms with Crippen LogP contribution in [0.3, 0.4) is 0 Å². The van der Waals surface area contributed by atoms with E-state index in [0.717, 1.165) is 27.8 Å². The minimum atomic E-state index is -0.403. The number of non-ortho nitro benzene ring substituents is 1. The fraction of sp³-hybridized carbons (Fsp3) is 0.312. The molecule has 2 heterocycles. The number of nitro benzene ring substituents is 1. The molecule has 0 radical (unpaired) electrons. The Hall–Kier alpha value is -4.48. The first-order chi connectivity index (χ1) is 20.9. The molecule has 1 atom stereocenters. The van der Waals surface area contributed by atoms with Gasteiger partial charge in [0.15, 0.2) is 0 Å². The van der Waals surface area contributed by atoms with E-state index in [1.54, 1.807) is 26.4 Å². The Morgan fingerprint density at radius 3 is 2.37 bits per heavy atom. The molecule has 1 aliphatic rings. The maximum Gasteiger partial charge on any atom is 0.273 e. The largest absolute Gasteiger partial charge is 0.497 e. The number of methoxy groups -OCH3 is 2. The van der Waals surface area contributed by atoms with Crippen LogP contribution in [0.5, 0.6) is 11.5 Å². The van der Waals surface area contributed by atoms with E-state index in [1.165, 1.54) is 29.0 Å². The van der Waals surface area contributed by atoms with E-state index < -0.39 is 4.92 Å². The van der Waals surface area contributed by atoms with Crippen molar-refractivity contribution in [2.75, 3.05) is 45.3 Å². The standard InChI is InChI=1S/C32H35N5O5S/c1-23(24-7-5-4-6-8-24)36(20-25-9-14-28(41-2)19-30(25)42-3)21-31-33-29(22-43-31)32(38)35-17-15-34(16-18-35)26-10-12-27(13-11-26)37(39)40/h4-14,19,22-23H,15-18,20-21H2,1-3H3. The van der Waals surface area contributed by atoms with Gasteiger partial charge >= 0.3 is 0 Å². The van der Waals surface area contributed by atoms with E-state index in [9.17, 15) is 14.9 Å². The van der Waals surface area contributed by atoms with Gasteiger partial charge in [0.05, 0.1) is 25.7 Å². The first-order valence-corrected chi connectivity index (χ1v) is 15.0. The van der Waals surface area contributed by atoms with Gasteiger partial charge < -0.3 is 19.3 Å². The molecule has 0 aliphatic carbocycles. The van der Waals surface area contributed by atoms with Crippen molar-refractivity contribution >= 4 is 28.6 Å². The average molecular weight is 602 g/mol. The van der Waals surface area contributed by atoms with E-state index >= 15 is 0 Å². The lowest BCUT2D eigenvalue weighted by molar-refractivity contribution is -0.384. The van der Waals surface area contributed by atoms with E-state index in [0.29, 0.717) is 45.0 Å². The number of hydrogen-bond donors (Lipinski definition) is 0. The number of ether oxygens (including phenoxy) is 2. The normalized spacial score (nSPS) is 14.0. The number of carbonyl (C=O) groups excluding carboxylic acids is 1. The number of hydrogen-bond acceptors (Lipinski definition) is 9. The number of aromatic nitrogens is 1. The molecule has 1 unspecified atom stereocenters. The Bertz CT molecular complexity index is 1540. The third-order valence-corrected chi connectivity index (χ3v) is 8.63. The molecular weight excluding hydrogens is 566 g/mol. The number of rotatable bonds is 11. The Balaban J connectivity index is 1.27. The number of thiazole rings is 1. The minimum Gasteiger partial charge on any atom is -0.497 e. The Labute approximate surface area is 255 Å². The first kappa shape index (κ1) is 30.0. The SMILES string of the molecule is COc1ccc(CN(Cc2nc(C(=O)N3CCN(c4ccc([N+](=O)[O-])cc4)CC3)cs2)C(C)c2ccccc2)c(OC)c1. The summed E-state index contributed by atoms with van der Waals surface area (Å²) in [6.45, 7) is 5.76. The van der Waals surface area contributed by atoms with Crippen LogP contribution in [0.2, 0.25) is 0 Å². The summed E-state index contributed by atoms with van der Waals surface area (Å²) in [5, 5.41) is 13.7. The molecule has 1 saturated heterocycles. The molecule has 10 nitrogen and oxygen atoms in total.